The first kappa shape index (κ1) is 10.2. The van der Waals surface area contributed by atoms with Gasteiger partial charge in [0.15, 0.2) is 0 Å². The van der Waals surface area contributed by atoms with Crippen LogP contribution < -0.4 is 5.73 Å². The maximum Gasteiger partial charge on any atom is 0.126 e. The fourth-order valence-corrected chi connectivity index (χ4v) is 2.61. The van der Waals surface area contributed by atoms with Crippen molar-refractivity contribution in [1.82, 2.24) is 15.2 Å². The van der Waals surface area contributed by atoms with Crippen molar-refractivity contribution in [3.8, 4) is 11.1 Å². The smallest absolute Gasteiger partial charge is 0.126 e. The molecular formula is C15H12N4. The molecule has 0 spiro atoms. The standard InChI is InChI=1S/C15H12N4/c16-15-12(8-17-19-15)11-6-3-5-10-9-4-1-2-7-13(9)18-14(10)11/h1-8,18H,(H3,16,17,19). The second kappa shape index (κ2) is 3.62. The van der Waals surface area contributed by atoms with Crippen LogP contribution in [0.5, 0.6) is 0 Å². The van der Waals surface area contributed by atoms with Crippen LogP contribution in [0.1, 0.15) is 0 Å². The van der Waals surface area contributed by atoms with Gasteiger partial charge in [-0.15, -0.1) is 0 Å². The number of H-pyrrole nitrogens is 2. The van der Waals surface area contributed by atoms with Crippen LogP contribution in [0.25, 0.3) is 32.9 Å². The summed E-state index contributed by atoms with van der Waals surface area (Å²) in [6, 6.07) is 14.5. The van der Waals surface area contributed by atoms with Gasteiger partial charge in [-0.2, -0.15) is 5.10 Å². The van der Waals surface area contributed by atoms with Crippen molar-refractivity contribution in [1.29, 1.82) is 0 Å². The molecule has 0 bridgehead atoms. The van der Waals surface area contributed by atoms with Crippen molar-refractivity contribution in [2.45, 2.75) is 0 Å². The van der Waals surface area contributed by atoms with Crippen LogP contribution >= 0.6 is 0 Å². The Balaban J connectivity index is 2.15. The summed E-state index contributed by atoms with van der Waals surface area (Å²) in [5, 5.41) is 9.20. The summed E-state index contributed by atoms with van der Waals surface area (Å²) in [7, 11) is 0. The highest BCUT2D eigenvalue weighted by molar-refractivity contribution is 6.12. The molecule has 92 valence electrons. The van der Waals surface area contributed by atoms with Gasteiger partial charge in [0.2, 0.25) is 0 Å². The largest absolute Gasteiger partial charge is 0.384 e. The second-order valence-corrected chi connectivity index (χ2v) is 4.60. The van der Waals surface area contributed by atoms with Gasteiger partial charge in [-0.3, -0.25) is 5.10 Å². The summed E-state index contributed by atoms with van der Waals surface area (Å²) in [6.07, 6.45) is 1.76. The first-order valence-corrected chi connectivity index (χ1v) is 6.13. The third-order valence-electron chi connectivity index (χ3n) is 3.50. The first-order valence-electron chi connectivity index (χ1n) is 6.13. The quantitative estimate of drug-likeness (QED) is 0.483. The fraction of sp³-hybridized carbons (Fsp3) is 0. The van der Waals surface area contributed by atoms with E-state index in [1.807, 2.05) is 12.1 Å². The number of nitrogen functional groups attached to an aromatic ring is 1. The van der Waals surface area contributed by atoms with E-state index in [-0.39, 0.29) is 0 Å². The number of aromatic nitrogens is 3. The van der Waals surface area contributed by atoms with Crippen molar-refractivity contribution in [3.63, 3.8) is 0 Å². The molecule has 0 fully saturated rings. The van der Waals surface area contributed by atoms with Gasteiger partial charge < -0.3 is 10.7 Å². The number of rotatable bonds is 1. The maximum absolute atomic E-state index is 5.93. The van der Waals surface area contributed by atoms with E-state index in [0.29, 0.717) is 5.82 Å². The zero-order valence-electron chi connectivity index (χ0n) is 10.1. The van der Waals surface area contributed by atoms with E-state index in [1.54, 1.807) is 6.20 Å². The molecule has 4 N–H and O–H groups in total. The number of anilines is 1. The van der Waals surface area contributed by atoms with Crippen LogP contribution in [0.2, 0.25) is 0 Å². The molecule has 0 aliphatic carbocycles. The third-order valence-corrected chi connectivity index (χ3v) is 3.50. The molecule has 19 heavy (non-hydrogen) atoms. The molecule has 4 rings (SSSR count). The highest BCUT2D eigenvalue weighted by atomic mass is 15.1. The number of aromatic amines is 2. The molecule has 4 nitrogen and oxygen atoms in total. The molecule has 2 aromatic carbocycles. The number of hydrogen-bond donors (Lipinski definition) is 3. The van der Waals surface area contributed by atoms with Crippen molar-refractivity contribution >= 4 is 27.6 Å². The highest BCUT2D eigenvalue weighted by Crippen LogP contribution is 2.34. The van der Waals surface area contributed by atoms with Crippen molar-refractivity contribution < 1.29 is 0 Å². The molecule has 4 heteroatoms. The average molecular weight is 248 g/mol. The summed E-state index contributed by atoms with van der Waals surface area (Å²) in [6.45, 7) is 0. The normalized spacial score (nSPS) is 11.4. The van der Waals surface area contributed by atoms with Gasteiger partial charge in [0.25, 0.3) is 0 Å². The Labute approximate surface area is 109 Å². The second-order valence-electron chi connectivity index (χ2n) is 4.60. The van der Waals surface area contributed by atoms with E-state index in [9.17, 15) is 0 Å². The molecular weight excluding hydrogens is 236 g/mol. The lowest BCUT2D eigenvalue weighted by molar-refractivity contribution is 1.10. The van der Waals surface area contributed by atoms with Gasteiger partial charge in [0.05, 0.1) is 11.7 Å². The first-order chi connectivity index (χ1) is 9.34. The van der Waals surface area contributed by atoms with Gasteiger partial charge in [-0.25, -0.2) is 0 Å². The summed E-state index contributed by atoms with van der Waals surface area (Å²) in [5.41, 5.74) is 10.1. The lowest BCUT2D eigenvalue weighted by Crippen LogP contribution is -1.88. The van der Waals surface area contributed by atoms with Crippen LogP contribution in [0.4, 0.5) is 5.82 Å². The molecule has 0 saturated carbocycles. The van der Waals surface area contributed by atoms with E-state index >= 15 is 0 Å². The van der Waals surface area contributed by atoms with E-state index in [1.165, 1.54) is 10.8 Å². The van der Waals surface area contributed by atoms with Crippen LogP contribution in [0.3, 0.4) is 0 Å². The van der Waals surface area contributed by atoms with Crippen molar-refractivity contribution in [2.75, 3.05) is 5.73 Å². The number of nitrogens with zero attached hydrogens (tertiary/aromatic N) is 1. The Kier molecular flexibility index (Phi) is 1.94. The summed E-state index contributed by atoms with van der Waals surface area (Å²) in [4.78, 5) is 3.46. The highest BCUT2D eigenvalue weighted by Gasteiger charge is 2.11. The number of nitrogens with two attached hydrogens (primary N) is 1. The number of benzene rings is 2. The Morgan fingerprint density at radius 1 is 0.895 bits per heavy atom. The molecule has 0 aliphatic rings. The Bertz CT molecular complexity index is 885. The van der Waals surface area contributed by atoms with Crippen LogP contribution in [0, 0.1) is 0 Å². The van der Waals surface area contributed by atoms with Gasteiger partial charge in [0.1, 0.15) is 5.82 Å². The topological polar surface area (TPSA) is 70.5 Å². The molecule has 2 heterocycles. The summed E-state index contributed by atoms with van der Waals surface area (Å²) < 4.78 is 0. The molecule has 0 amide bonds. The molecule has 0 radical (unpaired) electrons. The van der Waals surface area contributed by atoms with Crippen LogP contribution in [0.15, 0.2) is 48.7 Å². The third kappa shape index (κ3) is 1.37. The van der Waals surface area contributed by atoms with E-state index in [0.717, 1.165) is 22.2 Å². The molecule has 0 saturated heterocycles. The van der Waals surface area contributed by atoms with Crippen molar-refractivity contribution in [2.24, 2.45) is 0 Å². The van der Waals surface area contributed by atoms with E-state index < -0.39 is 0 Å². The van der Waals surface area contributed by atoms with Crippen LogP contribution in [-0.2, 0) is 0 Å². The molecule has 0 atom stereocenters. The van der Waals surface area contributed by atoms with E-state index in [4.69, 9.17) is 5.73 Å². The van der Waals surface area contributed by atoms with Gasteiger partial charge in [0, 0.05) is 27.4 Å². The van der Waals surface area contributed by atoms with Crippen LogP contribution in [-0.4, -0.2) is 15.2 Å². The van der Waals surface area contributed by atoms with Gasteiger partial charge in [-0.1, -0.05) is 36.4 Å². The predicted octanol–water partition coefficient (Wildman–Crippen LogP) is 3.29. The minimum atomic E-state index is 0.589. The lowest BCUT2D eigenvalue weighted by Gasteiger charge is -2.01. The molecule has 0 unspecified atom stereocenters. The Morgan fingerprint density at radius 2 is 1.74 bits per heavy atom. The Morgan fingerprint density at radius 3 is 2.58 bits per heavy atom. The predicted molar refractivity (Wildman–Crippen MR) is 77.8 cm³/mol. The van der Waals surface area contributed by atoms with Gasteiger partial charge in [-0.05, 0) is 6.07 Å². The maximum atomic E-state index is 5.93. The fourth-order valence-electron chi connectivity index (χ4n) is 2.61. The summed E-state index contributed by atoms with van der Waals surface area (Å²) in [5.74, 6) is 0.589. The molecule has 4 aromatic rings. The molecule has 0 aliphatic heterocycles. The number of nitrogens with one attached hydrogen (secondary N) is 2. The SMILES string of the molecule is Nc1[nH]ncc1-c1cccc2c1[nH]c1ccccc12. The Hall–Kier alpha value is -2.75. The average Bonchev–Trinajstić information content (AvgIpc) is 3.02. The zero-order valence-corrected chi connectivity index (χ0v) is 10.1. The summed E-state index contributed by atoms with van der Waals surface area (Å²) >= 11 is 0. The zero-order chi connectivity index (χ0) is 12.8. The molecule has 2 aromatic heterocycles. The van der Waals surface area contributed by atoms with E-state index in [2.05, 4.69) is 45.5 Å². The number of para-hydroxylation sites is 2. The minimum Gasteiger partial charge on any atom is -0.384 e. The lowest BCUT2D eigenvalue weighted by atomic mass is 10.0. The van der Waals surface area contributed by atoms with Gasteiger partial charge >= 0.3 is 0 Å². The minimum absolute atomic E-state index is 0.589. The monoisotopic (exact) mass is 248 g/mol. The van der Waals surface area contributed by atoms with Crippen molar-refractivity contribution in [3.05, 3.63) is 48.7 Å². The number of hydrogen-bond acceptors (Lipinski definition) is 2. The number of fused-ring (bicyclic) bond motifs is 3.